The molecule has 0 bridgehead atoms. The average molecular weight is 338 g/mol. The number of nitrogens with two attached hydrogens (primary N) is 1. The maximum atomic E-state index is 12.1. The van der Waals surface area contributed by atoms with Crippen LogP contribution < -0.4 is 11.1 Å². The minimum atomic E-state index is 0. The van der Waals surface area contributed by atoms with Gasteiger partial charge in [0.2, 0.25) is 5.91 Å². The van der Waals surface area contributed by atoms with Gasteiger partial charge in [-0.05, 0) is 24.8 Å². The summed E-state index contributed by atoms with van der Waals surface area (Å²) in [7, 11) is 1.87. The first kappa shape index (κ1) is 20.1. The molecular formula is C13H25Cl2N5O. The van der Waals surface area contributed by atoms with Gasteiger partial charge in [0.25, 0.3) is 0 Å². The number of rotatable bonds is 5. The Morgan fingerprint density at radius 1 is 1.38 bits per heavy atom. The molecule has 0 aromatic carbocycles. The van der Waals surface area contributed by atoms with Gasteiger partial charge in [-0.1, -0.05) is 19.3 Å². The third-order valence-corrected chi connectivity index (χ3v) is 4.13. The highest BCUT2D eigenvalue weighted by Crippen LogP contribution is 2.38. The van der Waals surface area contributed by atoms with Gasteiger partial charge in [0.15, 0.2) is 5.82 Å². The van der Waals surface area contributed by atoms with Crippen LogP contribution in [-0.4, -0.2) is 27.2 Å². The van der Waals surface area contributed by atoms with Gasteiger partial charge in [0.1, 0.15) is 6.33 Å². The number of halogens is 2. The maximum Gasteiger partial charge on any atom is 0.220 e. The van der Waals surface area contributed by atoms with Crippen molar-refractivity contribution in [2.24, 2.45) is 18.2 Å². The van der Waals surface area contributed by atoms with Crippen LogP contribution >= 0.6 is 24.8 Å². The van der Waals surface area contributed by atoms with Crippen LogP contribution in [-0.2, 0) is 18.4 Å². The number of amides is 1. The minimum Gasteiger partial charge on any atom is -0.349 e. The van der Waals surface area contributed by atoms with Crippen LogP contribution in [0.25, 0.3) is 0 Å². The molecule has 6 nitrogen and oxygen atoms in total. The Labute approximate surface area is 138 Å². The van der Waals surface area contributed by atoms with E-state index < -0.39 is 0 Å². The highest BCUT2D eigenvalue weighted by atomic mass is 35.5. The van der Waals surface area contributed by atoms with Crippen LogP contribution in [0.3, 0.4) is 0 Å². The van der Waals surface area contributed by atoms with E-state index in [4.69, 9.17) is 5.73 Å². The third kappa shape index (κ3) is 5.45. The second-order valence-corrected chi connectivity index (χ2v) is 5.58. The maximum absolute atomic E-state index is 12.1. The van der Waals surface area contributed by atoms with Crippen molar-refractivity contribution >= 4 is 30.7 Å². The summed E-state index contributed by atoms with van der Waals surface area (Å²) in [6, 6.07) is 0. The van der Waals surface area contributed by atoms with Gasteiger partial charge in [-0.2, -0.15) is 0 Å². The molecule has 2 rings (SSSR count). The zero-order chi connectivity index (χ0) is 13.7. The Kier molecular flexibility index (Phi) is 8.85. The number of aryl methyl sites for hydroxylation is 1. The van der Waals surface area contributed by atoms with Crippen LogP contribution in [0.4, 0.5) is 0 Å². The molecule has 3 N–H and O–H groups in total. The molecular weight excluding hydrogens is 313 g/mol. The van der Waals surface area contributed by atoms with Crippen LogP contribution in [0.1, 0.15) is 44.3 Å². The monoisotopic (exact) mass is 337 g/mol. The van der Waals surface area contributed by atoms with Crippen LogP contribution in [0, 0.1) is 5.41 Å². The summed E-state index contributed by atoms with van der Waals surface area (Å²) in [4.78, 5) is 12.1. The fraction of sp³-hybridized carbons (Fsp3) is 0.769. The van der Waals surface area contributed by atoms with E-state index in [-0.39, 0.29) is 36.1 Å². The largest absolute Gasteiger partial charge is 0.349 e. The summed E-state index contributed by atoms with van der Waals surface area (Å²) in [6.07, 6.45) is 7.94. The van der Waals surface area contributed by atoms with E-state index in [0.29, 0.717) is 19.5 Å². The van der Waals surface area contributed by atoms with Crippen molar-refractivity contribution in [2.75, 3.05) is 6.54 Å². The van der Waals surface area contributed by atoms with Gasteiger partial charge in [0.05, 0.1) is 6.54 Å². The second kappa shape index (κ2) is 9.23. The van der Waals surface area contributed by atoms with Crippen molar-refractivity contribution in [1.29, 1.82) is 0 Å². The lowest BCUT2D eigenvalue weighted by Gasteiger charge is -2.35. The molecule has 0 saturated heterocycles. The van der Waals surface area contributed by atoms with Gasteiger partial charge in [-0.3, -0.25) is 4.79 Å². The number of nitrogens with one attached hydrogen (secondary N) is 1. The molecule has 0 unspecified atom stereocenters. The standard InChI is InChI=1S/C13H23N5O.2ClH/c1-18-10-16-17-11(18)8-15-12(19)7-13(9-14)5-3-2-4-6-13;;/h10H,2-9,14H2,1H3,(H,15,19);2*1H. The van der Waals surface area contributed by atoms with E-state index in [2.05, 4.69) is 15.5 Å². The summed E-state index contributed by atoms with van der Waals surface area (Å²) >= 11 is 0. The van der Waals surface area contributed by atoms with Gasteiger partial charge < -0.3 is 15.6 Å². The fourth-order valence-corrected chi connectivity index (χ4v) is 2.80. The molecule has 1 saturated carbocycles. The normalized spacial score (nSPS) is 16.5. The zero-order valence-electron chi connectivity index (χ0n) is 12.4. The predicted octanol–water partition coefficient (Wildman–Crippen LogP) is 1.57. The molecule has 1 aromatic heterocycles. The highest BCUT2D eigenvalue weighted by Gasteiger charge is 2.32. The molecule has 122 valence electrons. The molecule has 0 atom stereocenters. The Hall–Kier alpha value is -0.850. The first-order valence-corrected chi connectivity index (χ1v) is 6.95. The Morgan fingerprint density at radius 2 is 2.05 bits per heavy atom. The first-order chi connectivity index (χ1) is 9.15. The molecule has 21 heavy (non-hydrogen) atoms. The van der Waals surface area contributed by atoms with Crippen LogP contribution in [0.5, 0.6) is 0 Å². The number of nitrogens with zero attached hydrogens (tertiary/aromatic N) is 3. The summed E-state index contributed by atoms with van der Waals surface area (Å²) < 4.78 is 1.81. The van der Waals surface area contributed by atoms with E-state index >= 15 is 0 Å². The van der Waals surface area contributed by atoms with Crippen molar-refractivity contribution in [1.82, 2.24) is 20.1 Å². The molecule has 0 radical (unpaired) electrons. The molecule has 1 aliphatic carbocycles. The molecule has 0 aliphatic heterocycles. The van der Waals surface area contributed by atoms with Gasteiger partial charge in [-0.25, -0.2) is 0 Å². The van der Waals surface area contributed by atoms with Gasteiger partial charge in [-0.15, -0.1) is 35.0 Å². The van der Waals surface area contributed by atoms with E-state index in [1.165, 1.54) is 19.3 Å². The molecule has 1 aromatic rings. The number of hydrogen-bond acceptors (Lipinski definition) is 4. The molecule has 1 heterocycles. The van der Waals surface area contributed by atoms with Crippen LogP contribution in [0.2, 0.25) is 0 Å². The lowest BCUT2D eigenvalue weighted by molar-refractivity contribution is -0.124. The van der Waals surface area contributed by atoms with Crippen LogP contribution in [0.15, 0.2) is 6.33 Å². The Morgan fingerprint density at radius 3 is 2.57 bits per heavy atom. The number of aromatic nitrogens is 3. The highest BCUT2D eigenvalue weighted by molar-refractivity contribution is 5.85. The first-order valence-electron chi connectivity index (χ1n) is 6.95. The number of hydrogen-bond donors (Lipinski definition) is 2. The van der Waals surface area contributed by atoms with E-state index in [9.17, 15) is 4.79 Å². The van der Waals surface area contributed by atoms with Crippen molar-refractivity contribution < 1.29 is 4.79 Å². The quantitative estimate of drug-likeness (QED) is 0.853. The van der Waals surface area contributed by atoms with E-state index in [1.807, 2.05) is 7.05 Å². The topological polar surface area (TPSA) is 85.8 Å². The zero-order valence-corrected chi connectivity index (χ0v) is 14.0. The number of carbonyl (C=O) groups is 1. The summed E-state index contributed by atoms with van der Waals surface area (Å²) in [5.74, 6) is 0.828. The average Bonchev–Trinajstić information content (AvgIpc) is 2.83. The lowest BCUT2D eigenvalue weighted by Crippen LogP contribution is -2.38. The van der Waals surface area contributed by atoms with Gasteiger partial charge >= 0.3 is 0 Å². The Balaban J connectivity index is 0.00000200. The summed E-state index contributed by atoms with van der Waals surface area (Å²) in [5, 5.41) is 10.6. The Bertz CT molecular complexity index is 432. The fourth-order valence-electron chi connectivity index (χ4n) is 2.80. The third-order valence-electron chi connectivity index (χ3n) is 4.13. The SMILES string of the molecule is Cl.Cl.Cn1cnnc1CNC(=O)CC1(CN)CCCCC1. The smallest absolute Gasteiger partial charge is 0.220 e. The van der Waals surface area contributed by atoms with Crippen molar-refractivity contribution in [3.63, 3.8) is 0 Å². The van der Waals surface area contributed by atoms with Crippen molar-refractivity contribution in [3.8, 4) is 0 Å². The van der Waals surface area contributed by atoms with Crippen molar-refractivity contribution in [3.05, 3.63) is 12.2 Å². The second-order valence-electron chi connectivity index (χ2n) is 5.58. The molecule has 1 fully saturated rings. The van der Waals surface area contributed by atoms with E-state index in [0.717, 1.165) is 18.7 Å². The van der Waals surface area contributed by atoms with Crippen molar-refractivity contribution in [2.45, 2.75) is 45.1 Å². The summed E-state index contributed by atoms with van der Waals surface area (Å²) in [6.45, 7) is 1.03. The van der Waals surface area contributed by atoms with E-state index in [1.54, 1.807) is 10.9 Å². The molecule has 0 spiro atoms. The molecule has 1 amide bonds. The summed E-state index contributed by atoms with van der Waals surface area (Å²) in [5.41, 5.74) is 5.91. The minimum absolute atomic E-state index is 0. The molecule has 1 aliphatic rings. The number of carbonyl (C=O) groups excluding carboxylic acids is 1. The lowest BCUT2D eigenvalue weighted by atomic mass is 9.71. The predicted molar refractivity (Wildman–Crippen MR) is 86.5 cm³/mol. The molecule has 8 heteroatoms. The van der Waals surface area contributed by atoms with Gasteiger partial charge in [0, 0.05) is 13.5 Å².